The van der Waals surface area contributed by atoms with Crippen LogP contribution in [0.3, 0.4) is 0 Å². The topological polar surface area (TPSA) is 77.2 Å². The summed E-state index contributed by atoms with van der Waals surface area (Å²) in [4.78, 5) is 16.5. The van der Waals surface area contributed by atoms with Gasteiger partial charge in [-0.15, -0.1) is 11.3 Å². The second kappa shape index (κ2) is 6.38. The lowest BCUT2D eigenvalue weighted by Crippen LogP contribution is -2.27. The van der Waals surface area contributed by atoms with Crippen molar-refractivity contribution in [3.05, 3.63) is 39.8 Å². The Balaban J connectivity index is 1.98. The molecule has 1 amide bonds. The van der Waals surface area contributed by atoms with E-state index in [-0.39, 0.29) is 5.91 Å². The molecule has 0 radical (unpaired) electrons. The maximum absolute atomic E-state index is 12.2. The number of nitrogens with two attached hydrogens (primary N) is 1. The van der Waals surface area contributed by atoms with E-state index in [1.54, 1.807) is 29.5 Å². The molecular formula is C14H17N3O2S. The Morgan fingerprint density at radius 1 is 1.50 bits per heavy atom. The first kappa shape index (κ1) is 14.3. The van der Waals surface area contributed by atoms with Crippen molar-refractivity contribution in [2.75, 3.05) is 19.4 Å². The molecule has 0 unspecified atom stereocenters. The minimum Gasteiger partial charge on any atom is -0.496 e. The van der Waals surface area contributed by atoms with E-state index in [2.05, 4.69) is 10.3 Å². The number of rotatable bonds is 5. The Morgan fingerprint density at radius 3 is 2.95 bits per heavy atom. The summed E-state index contributed by atoms with van der Waals surface area (Å²) in [5, 5.41) is 5.86. The first-order valence-electron chi connectivity index (χ1n) is 6.23. The maximum atomic E-state index is 12.2. The molecule has 0 saturated carbocycles. The minimum atomic E-state index is -0.230. The number of nitrogens with one attached hydrogen (secondary N) is 1. The summed E-state index contributed by atoms with van der Waals surface area (Å²) in [6, 6.07) is 5.15. The first-order chi connectivity index (χ1) is 9.61. The van der Waals surface area contributed by atoms with Crippen LogP contribution in [0, 0.1) is 6.92 Å². The second-order valence-electron chi connectivity index (χ2n) is 4.29. The molecule has 20 heavy (non-hydrogen) atoms. The van der Waals surface area contributed by atoms with E-state index >= 15 is 0 Å². The number of carbonyl (C=O) groups is 1. The quantitative estimate of drug-likeness (QED) is 0.826. The number of methoxy groups -OCH3 is 1. The van der Waals surface area contributed by atoms with Crippen molar-refractivity contribution in [3.63, 3.8) is 0 Å². The summed E-state index contributed by atoms with van der Waals surface area (Å²) in [5.41, 5.74) is 7.61. The lowest BCUT2D eigenvalue weighted by molar-refractivity contribution is 0.0952. The van der Waals surface area contributed by atoms with Crippen molar-refractivity contribution < 1.29 is 9.53 Å². The van der Waals surface area contributed by atoms with E-state index in [4.69, 9.17) is 10.5 Å². The molecule has 1 aromatic carbocycles. The van der Waals surface area contributed by atoms with E-state index in [0.29, 0.717) is 30.0 Å². The van der Waals surface area contributed by atoms with Crippen LogP contribution in [0.15, 0.2) is 23.6 Å². The van der Waals surface area contributed by atoms with Gasteiger partial charge in [-0.1, -0.05) is 6.07 Å². The fourth-order valence-corrected chi connectivity index (χ4v) is 2.52. The molecule has 0 aliphatic carbocycles. The van der Waals surface area contributed by atoms with Gasteiger partial charge in [0.05, 0.1) is 17.8 Å². The predicted molar refractivity (Wildman–Crippen MR) is 80.3 cm³/mol. The molecule has 0 fully saturated rings. The molecule has 0 aliphatic rings. The van der Waals surface area contributed by atoms with E-state index in [9.17, 15) is 4.79 Å². The van der Waals surface area contributed by atoms with Gasteiger partial charge in [-0.3, -0.25) is 4.79 Å². The number of hydrogen-bond acceptors (Lipinski definition) is 5. The highest BCUT2D eigenvalue weighted by Gasteiger charge is 2.15. The van der Waals surface area contributed by atoms with Gasteiger partial charge in [0.1, 0.15) is 11.3 Å². The second-order valence-corrected chi connectivity index (χ2v) is 5.35. The predicted octanol–water partition coefficient (Wildman–Crippen LogP) is 2.01. The van der Waals surface area contributed by atoms with Crippen LogP contribution in [0.2, 0.25) is 0 Å². The number of nitrogens with zero attached hydrogens (tertiary/aromatic N) is 1. The number of amides is 1. The number of anilines is 1. The summed E-state index contributed by atoms with van der Waals surface area (Å²) >= 11 is 1.60. The van der Waals surface area contributed by atoms with Crippen molar-refractivity contribution in [2.45, 2.75) is 13.3 Å². The summed E-state index contributed by atoms with van der Waals surface area (Å²) in [6.07, 6.45) is 0.700. The lowest BCUT2D eigenvalue weighted by atomic mass is 10.1. The van der Waals surface area contributed by atoms with E-state index in [0.717, 1.165) is 10.7 Å². The zero-order valence-electron chi connectivity index (χ0n) is 11.5. The van der Waals surface area contributed by atoms with Gasteiger partial charge in [0, 0.05) is 24.0 Å². The largest absolute Gasteiger partial charge is 0.496 e. The van der Waals surface area contributed by atoms with E-state index in [1.807, 2.05) is 12.3 Å². The van der Waals surface area contributed by atoms with E-state index in [1.165, 1.54) is 7.11 Å². The number of aromatic nitrogens is 1. The van der Waals surface area contributed by atoms with Crippen LogP contribution in [0.1, 0.15) is 21.1 Å². The van der Waals surface area contributed by atoms with E-state index < -0.39 is 0 Å². The van der Waals surface area contributed by atoms with Gasteiger partial charge in [0.15, 0.2) is 0 Å². The molecule has 0 spiro atoms. The average molecular weight is 291 g/mol. The zero-order valence-corrected chi connectivity index (χ0v) is 12.3. The average Bonchev–Trinajstić information content (AvgIpc) is 2.83. The molecule has 0 saturated heterocycles. The number of benzene rings is 1. The van der Waals surface area contributed by atoms with Crippen molar-refractivity contribution in [3.8, 4) is 5.75 Å². The fourth-order valence-electron chi connectivity index (χ4n) is 1.88. The van der Waals surface area contributed by atoms with Gasteiger partial charge in [-0.2, -0.15) is 0 Å². The third-order valence-corrected chi connectivity index (χ3v) is 3.66. The molecule has 1 heterocycles. The summed E-state index contributed by atoms with van der Waals surface area (Å²) in [6.45, 7) is 2.47. The lowest BCUT2D eigenvalue weighted by Gasteiger charge is -2.11. The monoisotopic (exact) mass is 291 g/mol. The van der Waals surface area contributed by atoms with Crippen LogP contribution in [0.4, 0.5) is 5.69 Å². The zero-order chi connectivity index (χ0) is 14.5. The van der Waals surface area contributed by atoms with Crippen molar-refractivity contribution in [1.29, 1.82) is 0 Å². The molecule has 0 bridgehead atoms. The molecule has 106 valence electrons. The molecule has 5 nitrogen and oxygen atoms in total. The van der Waals surface area contributed by atoms with Crippen LogP contribution >= 0.6 is 11.3 Å². The van der Waals surface area contributed by atoms with Crippen LogP contribution in [-0.4, -0.2) is 24.5 Å². The first-order valence-corrected chi connectivity index (χ1v) is 7.11. The highest BCUT2D eigenvalue weighted by Crippen LogP contribution is 2.23. The summed E-state index contributed by atoms with van der Waals surface area (Å²) in [5.74, 6) is 0.249. The SMILES string of the molecule is COc1cccc(N)c1C(=O)NCCc1csc(C)n1. The number of hydrogen-bond donors (Lipinski definition) is 2. The van der Waals surface area contributed by atoms with Crippen LogP contribution in [-0.2, 0) is 6.42 Å². The third kappa shape index (κ3) is 3.27. The number of ether oxygens (including phenoxy) is 1. The Labute approximate surface area is 121 Å². The Bertz CT molecular complexity index is 610. The molecule has 2 rings (SSSR count). The molecule has 0 atom stereocenters. The van der Waals surface area contributed by atoms with Crippen molar-refractivity contribution in [2.24, 2.45) is 0 Å². The maximum Gasteiger partial charge on any atom is 0.257 e. The van der Waals surface area contributed by atoms with Crippen LogP contribution in [0.25, 0.3) is 0 Å². The molecule has 2 aromatic rings. The normalized spacial score (nSPS) is 10.3. The highest BCUT2D eigenvalue weighted by molar-refractivity contribution is 7.09. The molecular weight excluding hydrogens is 274 g/mol. The summed E-state index contributed by atoms with van der Waals surface area (Å²) in [7, 11) is 1.52. The third-order valence-electron chi connectivity index (χ3n) is 2.84. The van der Waals surface area contributed by atoms with Gasteiger partial charge >= 0.3 is 0 Å². The molecule has 3 N–H and O–H groups in total. The summed E-state index contributed by atoms with van der Waals surface area (Å²) < 4.78 is 5.16. The van der Waals surface area contributed by atoms with Crippen molar-refractivity contribution in [1.82, 2.24) is 10.3 Å². The van der Waals surface area contributed by atoms with Crippen LogP contribution < -0.4 is 15.8 Å². The Kier molecular flexibility index (Phi) is 4.57. The van der Waals surface area contributed by atoms with Crippen LogP contribution in [0.5, 0.6) is 5.75 Å². The number of carbonyl (C=O) groups excluding carboxylic acids is 1. The number of nitrogen functional groups attached to an aromatic ring is 1. The smallest absolute Gasteiger partial charge is 0.257 e. The fraction of sp³-hybridized carbons (Fsp3) is 0.286. The Morgan fingerprint density at radius 2 is 2.30 bits per heavy atom. The van der Waals surface area contributed by atoms with Gasteiger partial charge in [0.2, 0.25) is 0 Å². The number of thiazole rings is 1. The highest BCUT2D eigenvalue weighted by atomic mass is 32.1. The molecule has 1 aromatic heterocycles. The van der Waals surface area contributed by atoms with Crippen molar-refractivity contribution >= 4 is 22.9 Å². The van der Waals surface area contributed by atoms with Gasteiger partial charge in [-0.05, 0) is 19.1 Å². The van der Waals surface area contributed by atoms with Gasteiger partial charge in [-0.25, -0.2) is 4.98 Å². The van der Waals surface area contributed by atoms with Gasteiger partial charge < -0.3 is 15.8 Å². The number of aryl methyl sites for hydroxylation is 1. The minimum absolute atomic E-state index is 0.230. The van der Waals surface area contributed by atoms with Gasteiger partial charge in [0.25, 0.3) is 5.91 Å². The molecule has 6 heteroatoms. The standard InChI is InChI=1S/C14H17N3O2S/c1-9-17-10(8-20-9)6-7-16-14(18)13-11(15)4-3-5-12(13)19-2/h3-5,8H,6-7,15H2,1-2H3,(H,16,18). The Hall–Kier alpha value is -2.08. The molecule has 0 aliphatic heterocycles.